The number of amides is 1. The predicted molar refractivity (Wildman–Crippen MR) is 94.6 cm³/mol. The Hall–Kier alpha value is -0.910. The van der Waals surface area contributed by atoms with Crippen LogP contribution in [-0.2, 0) is 4.74 Å². The lowest BCUT2D eigenvalue weighted by Crippen LogP contribution is -2.46. The second-order valence-corrected chi connectivity index (χ2v) is 7.60. The average Bonchev–Trinajstić information content (AvgIpc) is 3.08. The van der Waals surface area contributed by atoms with Crippen LogP contribution in [0.25, 0.3) is 0 Å². The van der Waals surface area contributed by atoms with E-state index < -0.39 is 0 Å². The molecule has 5 heteroatoms. The molecule has 1 aromatic carbocycles. The van der Waals surface area contributed by atoms with Crippen LogP contribution in [0.15, 0.2) is 28.7 Å². The summed E-state index contributed by atoms with van der Waals surface area (Å²) in [6.07, 6.45) is 3.32. The van der Waals surface area contributed by atoms with Gasteiger partial charge in [0.15, 0.2) is 0 Å². The van der Waals surface area contributed by atoms with Gasteiger partial charge in [0.1, 0.15) is 0 Å². The summed E-state index contributed by atoms with van der Waals surface area (Å²) in [5, 5.41) is 0. The molecular formula is C18H25BrN2O2. The fourth-order valence-electron chi connectivity index (χ4n) is 3.54. The van der Waals surface area contributed by atoms with Crippen LogP contribution in [-0.4, -0.2) is 61.6 Å². The number of rotatable bonds is 4. The number of carbonyl (C=O) groups is 1. The number of carbonyl (C=O) groups excluding carboxylic acids is 1. The first-order valence-electron chi connectivity index (χ1n) is 8.46. The predicted octanol–water partition coefficient (Wildman–Crippen LogP) is 3.02. The quantitative estimate of drug-likeness (QED) is 0.804. The van der Waals surface area contributed by atoms with E-state index in [0.29, 0.717) is 12.0 Å². The third kappa shape index (κ3) is 4.34. The van der Waals surface area contributed by atoms with Crippen LogP contribution >= 0.6 is 15.9 Å². The van der Waals surface area contributed by atoms with Crippen LogP contribution in [0.4, 0.5) is 0 Å². The van der Waals surface area contributed by atoms with Crippen molar-refractivity contribution in [2.24, 2.45) is 5.92 Å². The molecule has 2 aliphatic heterocycles. The highest BCUT2D eigenvalue weighted by Crippen LogP contribution is 2.21. The average molecular weight is 381 g/mol. The Morgan fingerprint density at radius 3 is 2.57 bits per heavy atom. The van der Waals surface area contributed by atoms with Crippen molar-refractivity contribution in [3.8, 4) is 0 Å². The summed E-state index contributed by atoms with van der Waals surface area (Å²) >= 11 is 3.41. The highest BCUT2D eigenvalue weighted by molar-refractivity contribution is 9.10. The first-order valence-corrected chi connectivity index (χ1v) is 9.25. The number of likely N-dealkylation sites (tertiary alicyclic amines) is 1. The van der Waals surface area contributed by atoms with Gasteiger partial charge in [-0.15, -0.1) is 0 Å². The van der Waals surface area contributed by atoms with Gasteiger partial charge in [0.2, 0.25) is 0 Å². The second kappa shape index (κ2) is 7.77. The summed E-state index contributed by atoms with van der Waals surface area (Å²) in [5.41, 5.74) is 0.765. The van der Waals surface area contributed by atoms with E-state index in [1.54, 1.807) is 0 Å². The topological polar surface area (TPSA) is 32.8 Å². The molecule has 2 heterocycles. The van der Waals surface area contributed by atoms with Gasteiger partial charge in [-0.1, -0.05) is 15.9 Å². The van der Waals surface area contributed by atoms with Crippen molar-refractivity contribution >= 4 is 21.8 Å². The summed E-state index contributed by atoms with van der Waals surface area (Å²) in [6, 6.07) is 7.97. The van der Waals surface area contributed by atoms with Crippen molar-refractivity contribution in [3.63, 3.8) is 0 Å². The van der Waals surface area contributed by atoms with Crippen LogP contribution in [0.5, 0.6) is 0 Å². The molecule has 0 radical (unpaired) electrons. The lowest BCUT2D eigenvalue weighted by atomic mass is 10.0. The zero-order valence-electron chi connectivity index (χ0n) is 13.7. The maximum absolute atomic E-state index is 12.6. The summed E-state index contributed by atoms with van der Waals surface area (Å²) < 4.78 is 6.46. The molecule has 126 valence electrons. The van der Waals surface area contributed by atoms with E-state index in [4.69, 9.17) is 4.74 Å². The standard InChI is InChI=1S/C18H25BrN2O2/c1-20(18(22)15-2-4-16(19)5-3-15)17-6-9-21(10-7-17)12-14-8-11-23-13-14/h2-5,14,17H,6-13H2,1H3. The minimum atomic E-state index is 0.125. The summed E-state index contributed by atoms with van der Waals surface area (Å²) in [5.74, 6) is 0.828. The van der Waals surface area contributed by atoms with Crippen LogP contribution in [0.3, 0.4) is 0 Å². The molecule has 4 nitrogen and oxygen atoms in total. The molecule has 2 aliphatic rings. The number of nitrogens with zero attached hydrogens (tertiary/aromatic N) is 2. The normalized spacial score (nSPS) is 23.1. The summed E-state index contributed by atoms with van der Waals surface area (Å²) in [7, 11) is 1.94. The monoisotopic (exact) mass is 380 g/mol. The van der Waals surface area contributed by atoms with Gasteiger partial charge in [-0.05, 0) is 49.4 Å². The molecule has 23 heavy (non-hydrogen) atoms. The molecule has 0 aliphatic carbocycles. The Morgan fingerprint density at radius 2 is 1.96 bits per heavy atom. The Bertz CT molecular complexity index is 520. The fraction of sp³-hybridized carbons (Fsp3) is 0.611. The number of hydrogen-bond donors (Lipinski definition) is 0. The number of hydrogen-bond acceptors (Lipinski definition) is 3. The van der Waals surface area contributed by atoms with E-state index in [0.717, 1.165) is 55.7 Å². The van der Waals surface area contributed by atoms with Gasteiger partial charge < -0.3 is 14.5 Å². The minimum absolute atomic E-state index is 0.125. The van der Waals surface area contributed by atoms with E-state index >= 15 is 0 Å². The SMILES string of the molecule is CN(C(=O)c1ccc(Br)cc1)C1CCN(CC2CCOC2)CC1. The Morgan fingerprint density at radius 1 is 1.26 bits per heavy atom. The van der Waals surface area contributed by atoms with Crippen molar-refractivity contribution in [1.82, 2.24) is 9.80 Å². The second-order valence-electron chi connectivity index (χ2n) is 6.68. The number of piperidine rings is 1. The third-order valence-corrected chi connectivity index (χ3v) is 5.59. The zero-order valence-corrected chi connectivity index (χ0v) is 15.3. The molecule has 1 amide bonds. The molecule has 2 fully saturated rings. The maximum Gasteiger partial charge on any atom is 0.253 e. The molecule has 0 saturated carbocycles. The highest BCUT2D eigenvalue weighted by atomic mass is 79.9. The Labute approximate surface area is 146 Å². The number of halogens is 1. The van der Waals surface area contributed by atoms with E-state index in [1.165, 1.54) is 6.42 Å². The van der Waals surface area contributed by atoms with Crippen molar-refractivity contribution < 1.29 is 9.53 Å². The lowest BCUT2D eigenvalue weighted by Gasteiger charge is -2.37. The number of ether oxygens (including phenoxy) is 1. The van der Waals surface area contributed by atoms with Crippen molar-refractivity contribution in [3.05, 3.63) is 34.3 Å². The third-order valence-electron chi connectivity index (χ3n) is 5.06. The molecule has 1 unspecified atom stereocenters. The van der Waals surface area contributed by atoms with Crippen LogP contribution < -0.4 is 0 Å². The summed E-state index contributed by atoms with van der Waals surface area (Å²) in [6.45, 7) is 5.16. The molecule has 2 saturated heterocycles. The molecular weight excluding hydrogens is 356 g/mol. The first-order chi connectivity index (χ1) is 11.1. The van der Waals surface area contributed by atoms with Crippen LogP contribution in [0.2, 0.25) is 0 Å². The smallest absolute Gasteiger partial charge is 0.253 e. The van der Waals surface area contributed by atoms with Crippen molar-refractivity contribution in [1.29, 1.82) is 0 Å². The molecule has 1 aromatic rings. The molecule has 0 bridgehead atoms. The molecule has 0 aromatic heterocycles. The van der Waals surface area contributed by atoms with Gasteiger partial charge in [-0.25, -0.2) is 0 Å². The van der Waals surface area contributed by atoms with Crippen molar-refractivity contribution in [2.75, 3.05) is 39.9 Å². The van der Waals surface area contributed by atoms with Gasteiger partial charge in [0, 0.05) is 49.4 Å². The highest BCUT2D eigenvalue weighted by Gasteiger charge is 2.27. The Balaban J connectivity index is 1.50. The Kier molecular flexibility index (Phi) is 5.72. The van der Waals surface area contributed by atoms with E-state index in [-0.39, 0.29) is 5.91 Å². The molecule has 1 atom stereocenters. The largest absolute Gasteiger partial charge is 0.381 e. The van der Waals surface area contributed by atoms with Crippen molar-refractivity contribution in [2.45, 2.75) is 25.3 Å². The number of benzene rings is 1. The van der Waals surface area contributed by atoms with Gasteiger partial charge in [0.25, 0.3) is 5.91 Å². The lowest BCUT2D eigenvalue weighted by molar-refractivity contribution is 0.0625. The maximum atomic E-state index is 12.6. The zero-order chi connectivity index (χ0) is 16.2. The minimum Gasteiger partial charge on any atom is -0.381 e. The molecule has 0 spiro atoms. The van der Waals surface area contributed by atoms with E-state index in [2.05, 4.69) is 20.8 Å². The molecule has 3 rings (SSSR count). The van der Waals surface area contributed by atoms with E-state index in [1.807, 2.05) is 36.2 Å². The van der Waals surface area contributed by atoms with Crippen LogP contribution in [0, 0.1) is 5.92 Å². The van der Waals surface area contributed by atoms with Crippen LogP contribution in [0.1, 0.15) is 29.6 Å². The fourth-order valence-corrected chi connectivity index (χ4v) is 3.81. The van der Waals surface area contributed by atoms with Gasteiger partial charge >= 0.3 is 0 Å². The van der Waals surface area contributed by atoms with Gasteiger partial charge in [-0.2, -0.15) is 0 Å². The molecule has 0 N–H and O–H groups in total. The van der Waals surface area contributed by atoms with Gasteiger partial charge in [-0.3, -0.25) is 4.79 Å². The first kappa shape index (κ1) is 16.9. The van der Waals surface area contributed by atoms with Gasteiger partial charge in [0.05, 0.1) is 6.61 Å². The summed E-state index contributed by atoms with van der Waals surface area (Å²) in [4.78, 5) is 17.1. The van der Waals surface area contributed by atoms with E-state index in [9.17, 15) is 4.79 Å².